The first kappa shape index (κ1) is 15.5. The Balaban J connectivity index is 1.77. The van der Waals surface area contributed by atoms with Crippen molar-refractivity contribution in [2.24, 2.45) is 11.7 Å². The summed E-state index contributed by atoms with van der Waals surface area (Å²) in [6, 6.07) is 8.48. The van der Waals surface area contributed by atoms with Crippen LogP contribution in [0.3, 0.4) is 0 Å². The van der Waals surface area contributed by atoms with Gasteiger partial charge in [0.05, 0.1) is 11.0 Å². The highest BCUT2D eigenvalue weighted by Crippen LogP contribution is 2.38. The molecule has 1 aromatic heterocycles. The summed E-state index contributed by atoms with van der Waals surface area (Å²) in [5.74, 6) is 2.85. The van der Waals surface area contributed by atoms with Gasteiger partial charge < -0.3 is 10.3 Å². The molecule has 0 atom stereocenters. The predicted octanol–water partition coefficient (Wildman–Crippen LogP) is 4.46. The van der Waals surface area contributed by atoms with Crippen molar-refractivity contribution < 1.29 is 0 Å². The van der Waals surface area contributed by atoms with Gasteiger partial charge in [-0.15, -0.1) is 0 Å². The fourth-order valence-corrected chi connectivity index (χ4v) is 3.97. The molecule has 2 aromatic rings. The molecule has 0 saturated heterocycles. The topological polar surface area (TPSA) is 43.8 Å². The first-order valence-corrected chi connectivity index (χ1v) is 8.98. The molecule has 1 saturated carbocycles. The van der Waals surface area contributed by atoms with Crippen LogP contribution in [0.2, 0.25) is 0 Å². The van der Waals surface area contributed by atoms with Crippen molar-refractivity contribution >= 4 is 11.0 Å². The molecule has 0 spiro atoms. The lowest BCUT2D eigenvalue weighted by atomic mass is 9.79. The predicted molar refractivity (Wildman–Crippen MR) is 93.0 cm³/mol. The first-order chi connectivity index (χ1) is 10.8. The summed E-state index contributed by atoms with van der Waals surface area (Å²) in [4.78, 5) is 4.95. The molecule has 0 radical (unpaired) electrons. The minimum atomic E-state index is 0.622. The highest BCUT2D eigenvalue weighted by molar-refractivity contribution is 5.76. The number of aromatic nitrogens is 2. The number of unbranched alkanes of at least 4 members (excludes halogenated alkanes) is 1. The fraction of sp³-hybridized carbons (Fsp3) is 0.632. The summed E-state index contributed by atoms with van der Waals surface area (Å²) in [6.07, 6.45) is 9.47. The molecular weight excluding hydrogens is 270 g/mol. The van der Waals surface area contributed by atoms with Crippen molar-refractivity contribution in [2.75, 3.05) is 6.54 Å². The third-order valence-corrected chi connectivity index (χ3v) is 5.21. The van der Waals surface area contributed by atoms with Gasteiger partial charge in [0.15, 0.2) is 0 Å². The lowest BCUT2D eigenvalue weighted by Crippen LogP contribution is -2.19. The van der Waals surface area contributed by atoms with Crippen LogP contribution < -0.4 is 5.73 Å². The average molecular weight is 299 g/mol. The van der Waals surface area contributed by atoms with Crippen LogP contribution in [0.25, 0.3) is 11.0 Å². The number of hydrogen-bond acceptors (Lipinski definition) is 2. The van der Waals surface area contributed by atoms with Crippen molar-refractivity contribution in [1.82, 2.24) is 9.55 Å². The lowest BCUT2D eigenvalue weighted by molar-refractivity contribution is 0.295. The van der Waals surface area contributed by atoms with Gasteiger partial charge in [0.2, 0.25) is 0 Å². The zero-order chi connectivity index (χ0) is 15.4. The van der Waals surface area contributed by atoms with E-state index in [1.807, 2.05) is 0 Å². The van der Waals surface area contributed by atoms with Gasteiger partial charge in [-0.05, 0) is 43.7 Å². The largest absolute Gasteiger partial charge is 0.329 e. The Labute approximate surface area is 133 Å². The van der Waals surface area contributed by atoms with Gasteiger partial charge in [-0.25, -0.2) is 4.98 Å². The SMILES string of the molecule is CCCCC1CCC(c2nc3ccccc3n2CCN)CC1. The van der Waals surface area contributed by atoms with Gasteiger partial charge in [-0.1, -0.05) is 38.3 Å². The number of fused-ring (bicyclic) bond motifs is 1. The standard InChI is InChI=1S/C19H29N3/c1-2-3-6-15-9-11-16(12-10-15)19-21-17-7-4-5-8-18(17)22(19)14-13-20/h4-5,7-8,15-16H,2-3,6,9-14,20H2,1H3. The van der Waals surface area contributed by atoms with Crippen LogP contribution in [-0.2, 0) is 6.54 Å². The van der Waals surface area contributed by atoms with Crippen molar-refractivity contribution in [3.05, 3.63) is 30.1 Å². The van der Waals surface area contributed by atoms with Gasteiger partial charge in [0.25, 0.3) is 0 Å². The number of imidazole rings is 1. The van der Waals surface area contributed by atoms with E-state index in [1.165, 1.54) is 56.3 Å². The van der Waals surface area contributed by atoms with Crippen LogP contribution in [0.5, 0.6) is 0 Å². The van der Waals surface area contributed by atoms with Crippen LogP contribution in [0.4, 0.5) is 0 Å². The van der Waals surface area contributed by atoms with E-state index in [0.29, 0.717) is 12.5 Å². The summed E-state index contributed by atoms with van der Waals surface area (Å²) in [5, 5.41) is 0. The van der Waals surface area contributed by atoms with E-state index in [-0.39, 0.29) is 0 Å². The van der Waals surface area contributed by atoms with Gasteiger partial charge in [-0.2, -0.15) is 0 Å². The fourth-order valence-electron chi connectivity index (χ4n) is 3.97. The monoisotopic (exact) mass is 299 g/mol. The smallest absolute Gasteiger partial charge is 0.113 e. The maximum atomic E-state index is 5.84. The van der Waals surface area contributed by atoms with Crippen molar-refractivity contribution in [3.63, 3.8) is 0 Å². The Bertz CT molecular complexity index is 594. The van der Waals surface area contributed by atoms with E-state index in [2.05, 4.69) is 35.8 Å². The Morgan fingerprint density at radius 3 is 2.68 bits per heavy atom. The minimum Gasteiger partial charge on any atom is -0.329 e. The number of benzene rings is 1. The lowest BCUT2D eigenvalue weighted by Gasteiger charge is -2.28. The summed E-state index contributed by atoms with van der Waals surface area (Å²) in [7, 11) is 0. The maximum Gasteiger partial charge on any atom is 0.113 e. The van der Waals surface area contributed by atoms with Gasteiger partial charge in [-0.3, -0.25) is 0 Å². The Kier molecular flexibility index (Phi) is 5.14. The molecule has 1 aliphatic rings. The number of hydrogen-bond donors (Lipinski definition) is 1. The molecule has 3 rings (SSSR count). The summed E-state index contributed by atoms with van der Waals surface area (Å²) < 4.78 is 2.37. The van der Waals surface area contributed by atoms with E-state index in [9.17, 15) is 0 Å². The van der Waals surface area contributed by atoms with Gasteiger partial charge in [0, 0.05) is 19.0 Å². The third-order valence-electron chi connectivity index (χ3n) is 5.21. The number of nitrogens with two attached hydrogens (primary N) is 1. The highest BCUT2D eigenvalue weighted by atomic mass is 15.1. The van der Waals surface area contributed by atoms with Crippen LogP contribution in [-0.4, -0.2) is 16.1 Å². The summed E-state index contributed by atoms with van der Waals surface area (Å²) in [6.45, 7) is 3.85. The highest BCUT2D eigenvalue weighted by Gasteiger charge is 2.26. The van der Waals surface area contributed by atoms with Crippen LogP contribution >= 0.6 is 0 Å². The number of nitrogens with zero attached hydrogens (tertiary/aromatic N) is 2. The molecular formula is C19H29N3. The summed E-state index contributed by atoms with van der Waals surface area (Å²) >= 11 is 0. The first-order valence-electron chi connectivity index (χ1n) is 8.98. The molecule has 3 nitrogen and oxygen atoms in total. The second-order valence-electron chi connectivity index (χ2n) is 6.76. The molecule has 1 fully saturated rings. The molecule has 2 N–H and O–H groups in total. The molecule has 0 aliphatic heterocycles. The molecule has 120 valence electrons. The van der Waals surface area contributed by atoms with Crippen molar-refractivity contribution in [2.45, 2.75) is 64.3 Å². The Hall–Kier alpha value is -1.35. The zero-order valence-electron chi connectivity index (χ0n) is 13.8. The maximum absolute atomic E-state index is 5.84. The van der Waals surface area contributed by atoms with Crippen molar-refractivity contribution in [3.8, 4) is 0 Å². The van der Waals surface area contributed by atoms with E-state index >= 15 is 0 Å². The van der Waals surface area contributed by atoms with E-state index in [1.54, 1.807) is 0 Å². The van der Waals surface area contributed by atoms with Crippen LogP contribution in [0.1, 0.15) is 63.6 Å². The van der Waals surface area contributed by atoms with Gasteiger partial charge in [0.1, 0.15) is 5.82 Å². The van der Waals surface area contributed by atoms with Crippen LogP contribution in [0.15, 0.2) is 24.3 Å². The molecule has 1 heterocycles. The van der Waals surface area contributed by atoms with E-state index in [0.717, 1.165) is 18.0 Å². The minimum absolute atomic E-state index is 0.622. The quantitative estimate of drug-likeness (QED) is 0.856. The zero-order valence-corrected chi connectivity index (χ0v) is 13.8. The molecule has 0 unspecified atom stereocenters. The molecule has 1 aromatic carbocycles. The van der Waals surface area contributed by atoms with E-state index < -0.39 is 0 Å². The third kappa shape index (κ3) is 3.19. The Morgan fingerprint density at radius 2 is 1.95 bits per heavy atom. The number of rotatable bonds is 6. The Morgan fingerprint density at radius 1 is 1.18 bits per heavy atom. The number of para-hydroxylation sites is 2. The van der Waals surface area contributed by atoms with E-state index in [4.69, 9.17) is 10.7 Å². The van der Waals surface area contributed by atoms with Crippen molar-refractivity contribution in [1.29, 1.82) is 0 Å². The second kappa shape index (κ2) is 7.28. The summed E-state index contributed by atoms with van der Waals surface area (Å²) in [5.41, 5.74) is 8.21. The average Bonchev–Trinajstić information content (AvgIpc) is 2.93. The molecule has 0 bridgehead atoms. The van der Waals surface area contributed by atoms with Gasteiger partial charge >= 0.3 is 0 Å². The second-order valence-corrected chi connectivity index (χ2v) is 6.76. The van der Waals surface area contributed by atoms with Crippen LogP contribution in [0, 0.1) is 5.92 Å². The molecule has 1 aliphatic carbocycles. The molecule has 0 amide bonds. The normalized spacial score (nSPS) is 22.3. The molecule has 3 heteroatoms. The molecule has 22 heavy (non-hydrogen) atoms.